The number of ether oxygens (including phenoxy) is 1. The minimum absolute atomic E-state index is 0.116. The number of carbonyl (C=O) groups is 2. The average molecular weight is 544 g/mol. The van der Waals surface area contributed by atoms with E-state index in [-0.39, 0.29) is 23.4 Å². The number of nitrogens with zero attached hydrogens (tertiary/aromatic N) is 1. The zero-order valence-corrected chi connectivity index (χ0v) is 23.9. The Morgan fingerprint density at radius 3 is 2.27 bits per heavy atom. The van der Waals surface area contributed by atoms with Gasteiger partial charge in [0.25, 0.3) is 0 Å². The Morgan fingerprint density at radius 1 is 0.925 bits per heavy atom. The maximum absolute atomic E-state index is 11.3. The normalized spacial score (nSPS) is 15.1. The number of hydrogen-bond donors (Lipinski definition) is 2. The number of fused-ring (bicyclic) bond motifs is 1. The highest BCUT2D eigenvalue weighted by atomic mass is 16.5. The first-order chi connectivity index (χ1) is 19.1. The molecule has 0 saturated carbocycles. The van der Waals surface area contributed by atoms with E-state index in [4.69, 9.17) is 9.84 Å². The molecule has 6 heteroatoms. The predicted octanol–water partition coefficient (Wildman–Crippen LogP) is 6.88. The summed E-state index contributed by atoms with van der Waals surface area (Å²) in [5, 5.41) is 18.3. The fourth-order valence-corrected chi connectivity index (χ4v) is 5.41. The monoisotopic (exact) mass is 543 g/mol. The van der Waals surface area contributed by atoms with Crippen LogP contribution in [0.3, 0.4) is 0 Å². The fraction of sp³-hybridized carbons (Fsp3) is 0.412. The van der Waals surface area contributed by atoms with E-state index < -0.39 is 11.9 Å². The summed E-state index contributed by atoms with van der Waals surface area (Å²) < 4.78 is 6.38. The molecule has 0 fully saturated rings. The van der Waals surface area contributed by atoms with E-state index in [1.54, 1.807) is 12.1 Å². The predicted molar refractivity (Wildman–Crippen MR) is 157 cm³/mol. The van der Waals surface area contributed by atoms with Crippen molar-refractivity contribution in [2.24, 2.45) is 0 Å². The molecule has 0 spiro atoms. The van der Waals surface area contributed by atoms with Gasteiger partial charge < -0.3 is 14.9 Å². The highest BCUT2D eigenvalue weighted by Gasteiger charge is 2.27. The molecule has 1 aliphatic carbocycles. The molecule has 3 aromatic carbocycles. The van der Waals surface area contributed by atoms with Gasteiger partial charge in [0, 0.05) is 19.0 Å². The number of hydrogen-bond acceptors (Lipinski definition) is 4. The van der Waals surface area contributed by atoms with E-state index in [9.17, 15) is 14.7 Å². The van der Waals surface area contributed by atoms with Crippen LogP contribution in [0.2, 0.25) is 0 Å². The maximum atomic E-state index is 11.3. The van der Waals surface area contributed by atoms with Crippen LogP contribution in [0.5, 0.6) is 5.75 Å². The van der Waals surface area contributed by atoms with E-state index in [1.807, 2.05) is 12.1 Å². The van der Waals surface area contributed by atoms with Gasteiger partial charge in [0.05, 0.1) is 5.56 Å². The Hall–Kier alpha value is -3.64. The van der Waals surface area contributed by atoms with Crippen molar-refractivity contribution in [2.75, 3.05) is 6.54 Å². The van der Waals surface area contributed by atoms with Crippen molar-refractivity contribution >= 4 is 11.9 Å². The van der Waals surface area contributed by atoms with Crippen LogP contribution in [-0.2, 0) is 36.2 Å². The van der Waals surface area contributed by atoms with Gasteiger partial charge in [-0.15, -0.1) is 0 Å². The zero-order chi connectivity index (χ0) is 28.7. The van der Waals surface area contributed by atoms with Gasteiger partial charge in [-0.25, -0.2) is 4.79 Å². The van der Waals surface area contributed by atoms with Gasteiger partial charge in [0.1, 0.15) is 12.4 Å². The molecular formula is C34H41NO5. The number of benzene rings is 3. The third kappa shape index (κ3) is 7.95. The molecule has 1 unspecified atom stereocenters. The highest BCUT2D eigenvalue weighted by Crippen LogP contribution is 2.33. The van der Waals surface area contributed by atoms with Gasteiger partial charge in [0.15, 0.2) is 0 Å². The molecule has 0 aromatic heterocycles. The van der Waals surface area contributed by atoms with Crippen molar-refractivity contribution in [3.63, 3.8) is 0 Å². The van der Waals surface area contributed by atoms with Crippen molar-refractivity contribution in [1.82, 2.24) is 4.90 Å². The van der Waals surface area contributed by atoms with Gasteiger partial charge in [0.2, 0.25) is 0 Å². The van der Waals surface area contributed by atoms with Crippen molar-refractivity contribution < 1.29 is 24.5 Å². The van der Waals surface area contributed by atoms with Gasteiger partial charge in [-0.2, -0.15) is 0 Å². The molecule has 0 radical (unpaired) electrons. The third-order valence-corrected chi connectivity index (χ3v) is 7.82. The van der Waals surface area contributed by atoms with Crippen molar-refractivity contribution in [3.05, 3.63) is 100 Å². The lowest BCUT2D eigenvalue weighted by Gasteiger charge is -2.36. The Bertz CT molecular complexity index is 1290. The van der Waals surface area contributed by atoms with E-state index >= 15 is 0 Å². The molecule has 3 aromatic rings. The lowest BCUT2D eigenvalue weighted by molar-refractivity contribution is -0.137. The number of unbranched alkanes of at least 4 members (excludes halogenated alkanes) is 1. The largest absolute Gasteiger partial charge is 0.489 e. The molecule has 0 amide bonds. The van der Waals surface area contributed by atoms with Crippen molar-refractivity contribution in [2.45, 2.75) is 83.9 Å². The summed E-state index contributed by atoms with van der Waals surface area (Å²) in [4.78, 5) is 24.8. The molecule has 6 nitrogen and oxygen atoms in total. The summed E-state index contributed by atoms with van der Waals surface area (Å²) in [5.74, 6) is -0.769. The second-order valence-corrected chi connectivity index (χ2v) is 11.8. The number of carboxylic acid groups (broad SMARTS) is 2. The van der Waals surface area contributed by atoms with E-state index in [0.717, 1.165) is 49.1 Å². The minimum atomic E-state index is -0.932. The molecule has 1 atom stereocenters. The summed E-state index contributed by atoms with van der Waals surface area (Å²) in [6.07, 6.45) is 4.43. The van der Waals surface area contributed by atoms with Crippen molar-refractivity contribution in [3.8, 4) is 5.75 Å². The molecule has 40 heavy (non-hydrogen) atoms. The molecule has 212 valence electrons. The molecule has 4 rings (SSSR count). The smallest absolute Gasteiger partial charge is 0.335 e. The van der Waals surface area contributed by atoms with E-state index in [1.165, 1.54) is 16.7 Å². The fourth-order valence-electron chi connectivity index (χ4n) is 5.41. The Morgan fingerprint density at radius 2 is 1.62 bits per heavy atom. The van der Waals surface area contributed by atoms with Crippen LogP contribution in [0, 0.1) is 0 Å². The Balaban J connectivity index is 1.48. The van der Waals surface area contributed by atoms with Crippen LogP contribution < -0.4 is 4.74 Å². The minimum Gasteiger partial charge on any atom is -0.489 e. The second kappa shape index (κ2) is 13.1. The van der Waals surface area contributed by atoms with Gasteiger partial charge in [-0.3, -0.25) is 9.69 Å². The summed E-state index contributed by atoms with van der Waals surface area (Å²) in [6.45, 7) is 8.64. The topological polar surface area (TPSA) is 87.1 Å². The summed E-state index contributed by atoms with van der Waals surface area (Å²) in [5.41, 5.74) is 6.47. The Labute approximate surface area is 237 Å². The molecule has 0 heterocycles. The van der Waals surface area contributed by atoms with Gasteiger partial charge in [-0.1, -0.05) is 69.3 Å². The number of aliphatic carboxylic acids is 1. The molecule has 0 bridgehead atoms. The average Bonchev–Trinajstić information content (AvgIpc) is 2.93. The summed E-state index contributed by atoms with van der Waals surface area (Å²) in [7, 11) is 0. The first kappa shape index (κ1) is 29.3. The van der Waals surface area contributed by atoms with Crippen LogP contribution >= 0.6 is 0 Å². The lowest BCUT2D eigenvalue weighted by Crippen LogP contribution is -2.39. The van der Waals surface area contributed by atoms with Crippen LogP contribution in [0.1, 0.15) is 84.6 Å². The number of carboxylic acids is 2. The van der Waals surface area contributed by atoms with Crippen LogP contribution in [-0.4, -0.2) is 39.6 Å². The second-order valence-electron chi connectivity index (χ2n) is 11.8. The van der Waals surface area contributed by atoms with E-state index in [0.29, 0.717) is 19.6 Å². The Kier molecular flexibility index (Phi) is 9.64. The van der Waals surface area contributed by atoms with Crippen LogP contribution in [0.25, 0.3) is 0 Å². The van der Waals surface area contributed by atoms with Crippen LogP contribution in [0.15, 0.2) is 66.7 Å². The summed E-state index contributed by atoms with van der Waals surface area (Å²) in [6, 6.07) is 22.3. The SMILES string of the molecule is CC(C)(C)c1ccc(COc2cccc3c2CC(N(CCCCC(=O)O)Cc2ccc(C(=O)O)cc2)CC3)cc1. The molecule has 0 saturated heterocycles. The molecule has 2 N–H and O–H groups in total. The lowest BCUT2D eigenvalue weighted by atomic mass is 9.86. The van der Waals surface area contributed by atoms with Crippen LogP contribution in [0.4, 0.5) is 0 Å². The van der Waals surface area contributed by atoms with Crippen molar-refractivity contribution in [1.29, 1.82) is 0 Å². The molecule has 0 aliphatic heterocycles. The molecule has 1 aliphatic rings. The third-order valence-electron chi connectivity index (χ3n) is 7.82. The highest BCUT2D eigenvalue weighted by molar-refractivity contribution is 5.87. The number of aryl methyl sites for hydroxylation is 1. The first-order valence-corrected chi connectivity index (χ1v) is 14.2. The standard InChI is InChI=1S/C34H41NO5/c1-34(2,3)28-17-12-25(13-18-28)23-40-31-8-6-7-26-16-19-29(21-30(26)31)35(20-5-4-9-32(36)37)22-24-10-14-27(15-11-24)33(38)39/h6-8,10-15,17-18,29H,4-5,9,16,19-23H2,1-3H3,(H,36,37)(H,38,39). The van der Waals surface area contributed by atoms with E-state index in [2.05, 4.69) is 68.1 Å². The molecular weight excluding hydrogens is 502 g/mol. The number of aromatic carboxylic acids is 1. The zero-order valence-electron chi connectivity index (χ0n) is 23.9. The van der Waals surface area contributed by atoms with Gasteiger partial charge >= 0.3 is 11.9 Å². The number of rotatable bonds is 12. The first-order valence-electron chi connectivity index (χ1n) is 14.2. The summed E-state index contributed by atoms with van der Waals surface area (Å²) >= 11 is 0. The quantitative estimate of drug-likeness (QED) is 0.242. The van der Waals surface area contributed by atoms with Gasteiger partial charge in [-0.05, 0) is 90.1 Å². The maximum Gasteiger partial charge on any atom is 0.335 e.